The average Bonchev–Trinajstić information content (AvgIpc) is 2.94. The maximum atomic E-state index is 12.2. The Morgan fingerprint density at radius 3 is 2.36 bits per heavy atom. The van der Waals surface area contributed by atoms with Crippen LogP contribution in [0.4, 0.5) is 0 Å². The number of guanidine groups is 1. The van der Waals surface area contributed by atoms with E-state index >= 15 is 0 Å². The third-order valence-corrected chi connectivity index (χ3v) is 7.59. The summed E-state index contributed by atoms with van der Waals surface area (Å²) < 4.78 is 32.1. The van der Waals surface area contributed by atoms with Crippen molar-refractivity contribution in [2.75, 3.05) is 38.5 Å². The maximum absolute atomic E-state index is 12.2. The van der Waals surface area contributed by atoms with Gasteiger partial charge in [-0.15, -0.1) is 0 Å². The summed E-state index contributed by atoms with van der Waals surface area (Å²) in [6.45, 7) is 7.25. The number of nitrogens with zero attached hydrogens (tertiary/aromatic N) is 2. The molecular weight excluding hydrogens is 376 g/mol. The molecule has 2 aliphatic rings. The first-order valence-corrected chi connectivity index (χ1v) is 12.8. The van der Waals surface area contributed by atoms with Gasteiger partial charge in [0.25, 0.3) is 0 Å². The van der Waals surface area contributed by atoms with Crippen LogP contribution in [0.2, 0.25) is 0 Å². The number of aliphatic imine (C=N–C) groups is 1. The van der Waals surface area contributed by atoms with Crippen molar-refractivity contribution in [3.8, 4) is 0 Å². The fraction of sp³-hybridized carbons (Fsp3) is 0.950. The van der Waals surface area contributed by atoms with Crippen LogP contribution in [0.15, 0.2) is 4.99 Å². The molecule has 7 nitrogen and oxygen atoms in total. The maximum Gasteiger partial charge on any atom is 0.214 e. The highest BCUT2D eigenvalue weighted by molar-refractivity contribution is 7.89. The molecule has 1 aliphatic heterocycles. The predicted octanol–water partition coefficient (Wildman–Crippen LogP) is 2.49. The Balaban J connectivity index is 1.73. The second-order valence-electron chi connectivity index (χ2n) is 7.88. The van der Waals surface area contributed by atoms with E-state index in [1.807, 2.05) is 6.92 Å². The second kappa shape index (κ2) is 12.6. The van der Waals surface area contributed by atoms with E-state index in [0.29, 0.717) is 38.8 Å². The van der Waals surface area contributed by atoms with Crippen molar-refractivity contribution < 1.29 is 13.2 Å². The van der Waals surface area contributed by atoms with Crippen LogP contribution < -0.4 is 10.6 Å². The van der Waals surface area contributed by atoms with E-state index in [1.54, 1.807) is 4.31 Å². The number of nitrogens with one attached hydrogen (secondary N) is 2. The molecule has 0 aromatic rings. The van der Waals surface area contributed by atoms with Crippen LogP contribution in [0.25, 0.3) is 0 Å². The molecule has 164 valence electrons. The van der Waals surface area contributed by atoms with Gasteiger partial charge in [0, 0.05) is 25.7 Å². The topological polar surface area (TPSA) is 83.0 Å². The molecule has 0 atom stereocenters. The number of hydrogen-bond donors (Lipinski definition) is 2. The van der Waals surface area contributed by atoms with Gasteiger partial charge in [0.05, 0.1) is 25.0 Å². The Morgan fingerprint density at radius 1 is 1.07 bits per heavy atom. The number of sulfonamides is 1. The molecule has 0 aromatic carbocycles. The highest BCUT2D eigenvalue weighted by atomic mass is 32.2. The molecule has 0 unspecified atom stereocenters. The summed E-state index contributed by atoms with van der Waals surface area (Å²) in [4.78, 5) is 4.65. The number of hydrogen-bond acceptors (Lipinski definition) is 4. The monoisotopic (exact) mass is 416 g/mol. The summed E-state index contributed by atoms with van der Waals surface area (Å²) in [5, 5.41) is 6.76. The smallest absolute Gasteiger partial charge is 0.214 e. The minimum absolute atomic E-state index is 0.246. The van der Waals surface area contributed by atoms with E-state index in [2.05, 4.69) is 22.5 Å². The highest BCUT2D eigenvalue weighted by Crippen LogP contribution is 2.19. The fourth-order valence-electron chi connectivity index (χ4n) is 3.96. The summed E-state index contributed by atoms with van der Waals surface area (Å²) in [5.41, 5.74) is 0. The molecule has 0 amide bonds. The highest BCUT2D eigenvalue weighted by Gasteiger charge is 2.27. The Kier molecular flexibility index (Phi) is 10.6. The van der Waals surface area contributed by atoms with Gasteiger partial charge in [-0.3, -0.25) is 4.99 Å². The summed E-state index contributed by atoms with van der Waals surface area (Å²) in [6, 6.07) is 0.258. The lowest BCUT2D eigenvalue weighted by atomic mass is 10.1. The van der Waals surface area contributed by atoms with E-state index in [0.717, 1.165) is 25.3 Å². The van der Waals surface area contributed by atoms with Gasteiger partial charge in [-0.1, -0.05) is 32.6 Å². The van der Waals surface area contributed by atoms with Crippen LogP contribution in [0, 0.1) is 0 Å². The lowest BCUT2D eigenvalue weighted by molar-refractivity contribution is 0.0487. The zero-order valence-corrected chi connectivity index (χ0v) is 18.6. The lowest BCUT2D eigenvalue weighted by Crippen LogP contribution is -2.50. The molecule has 1 heterocycles. The molecule has 0 aromatic heterocycles. The van der Waals surface area contributed by atoms with Crippen molar-refractivity contribution in [2.24, 2.45) is 4.99 Å². The Hall–Kier alpha value is -0.860. The minimum atomic E-state index is -3.08. The van der Waals surface area contributed by atoms with Crippen LogP contribution >= 0.6 is 0 Å². The first-order chi connectivity index (χ1) is 13.5. The van der Waals surface area contributed by atoms with E-state index in [-0.39, 0.29) is 11.8 Å². The Bertz CT molecular complexity index is 552. The number of rotatable bonds is 9. The van der Waals surface area contributed by atoms with Gasteiger partial charge in [0.2, 0.25) is 10.0 Å². The Morgan fingerprint density at radius 2 is 1.75 bits per heavy atom. The van der Waals surface area contributed by atoms with Gasteiger partial charge in [-0.25, -0.2) is 12.7 Å². The average molecular weight is 417 g/mol. The zero-order chi connectivity index (χ0) is 20.2. The third-order valence-electron chi connectivity index (χ3n) is 5.51. The second-order valence-corrected chi connectivity index (χ2v) is 9.97. The van der Waals surface area contributed by atoms with E-state index in [9.17, 15) is 8.42 Å². The van der Waals surface area contributed by atoms with E-state index < -0.39 is 10.0 Å². The molecule has 2 fully saturated rings. The van der Waals surface area contributed by atoms with Crippen molar-refractivity contribution >= 4 is 16.0 Å². The SMILES string of the molecule is CCCS(=O)(=O)N1CCC(NC(=NCCOC2CCCCCC2)NCC)CC1. The molecule has 0 bridgehead atoms. The number of ether oxygens (including phenoxy) is 1. The normalized spacial score (nSPS) is 21.4. The van der Waals surface area contributed by atoms with E-state index in [1.165, 1.54) is 38.5 Å². The van der Waals surface area contributed by atoms with Gasteiger partial charge in [-0.2, -0.15) is 0 Å². The van der Waals surface area contributed by atoms with Crippen molar-refractivity contribution in [2.45, 2.75) is 83.8 Å². The van der Waals surface area contributed by atoms with Gasteiger partial charge in [0.15, 0.2) is 5.96 Å². The largest absolute Gasteiger partial charge is 0.376 e. The van der Waals surface area contributed by atoms with Crippen LogP contribution in [0.1, 0.15) is 71.6 Å². The number of piperidine rings is 1. The molecule has 1 saturated heterocycles. The van der Waals surface area contributed by atoms with Crippen molar-refractivity contribution in [3.05, 3.63) is 0 Å². The summed E-state index contributed by atoms with van der Waals surface area (Å²) in [6.07, 6.45) is 10.3. The molecule has 0 spiro atoms. The van der Waals surface area contributed by atoms with Crippen LogP contribution in [-0.4, -0.2) is 69.4 Å². The molecule has 8 heteroatoms. The first kappa shape index (κ1) is 23.4. The van der Waals surface area contributed by atoms with Gasteiger partial charge in [-0.05, 0) is 39.0 Å². The summed E-state index contributed by atoms with van der Waals surface area (Å²) in [7, 11) is -3.08. The molecule has 2 rings (SSSR count). The summed E-state index contributed by atoms with van der Waals surface area (Å²) >= 11 is 0. The molecule has 0 radical (unpaired) electrons. The molecule has 1 saturated carbocycles. The quantitative estimate of drug-likeness (QED) is 0.261. The minimum Gasteiger partial charge on any atom is -0.376 e. The van der Waals surface area contributed by atoms with Crippen molar-refractivity contribution in [1.29, 1.82) is 0 Å². The van der Waals surface area contributed by atoms with Crippen LogP contribution in [-0.2, 0) is 14.8 Å². The molecule has 1 aliphatic carbocycles. The molecule has 28 heavy (non-hydrogen) atoms. The van der Waals surface area contributed by atoms with Gasteiger partial charge >= 0.3 is 0 Å². The lowest BCUT2D eigenvalue weighted by Gasteiger charge is -2.32. The van der Waals surface area contributed by atoms with Crippen molar-refractivity contribution in [1.82, 2.24) is 14.9 Å². The van der Waals surface area contributed by atoms with Gasteiger partial charge < -0.3 is 15.4 Å². The van der Waals surface area contributed by atoms with E-state index in [4.69, 9.17) is 4.74 Å². The third kappa shape index (κ3) is 8.25. The standard InChI is InChI=1S/C20H40N4O3S/c1-3-17-28(25,26)24-14-11-18(12-15-24)23-20(21-4-2)22-13-16-27-19-9-7-5-6-8-10-19/h18-19H,3-17H2,1-2H3,(H2,21,22,23). The zero-order valence-electron chi connectivity index (χ0n) is 17.8. The molecular formula is C20H40N4O3S. The molecule has 2 N–H and O–H groups in total. The van der Waals surface area contributed by atoms with Crippen LogP contribution in [0.3, 0.4) is 0 Å². The van der Waals surface area contributed by atoms with Crippen LogP contribution in [0.5, 0.6) is 0 Å². The predicted molar refractivity (Wildman–Crippen MR) is 115 cm³/mol. The first-order valence-electron chi connectivity index (χ1n) is 11.2. The summed E-state index contributed by atoms with van der Waals surface area (Å²) in [5.74, 6) is 1.05. The Labute approximate surface area is 171 Å². The fourth-order valence-corrected chi connectivity index (χ4v) is 5.51. The van der Waals surface area contributed by atoms with Crippen molar-refractivity contribution in [3.63, 3.8) is 0 Å². The van der Waals surface area contributed by atoms with Gasteiger partial charge in [0.1, 0.15) is 0 Å².